The number of fused-ring (bicyclic) bond motifs is 1. The number of aromatic amines is 1. The van der Waals surface area contributed by atoms with Crippen LogP contribution in [-0.2, 0) is 34.2 Å². The van der Waals surface area contributed by atoms with Crippen LogP contribution in [0.4, 0.5) is 4.39 Å². The number of rotatable bonds is 7. The van der Waals surface area contributed by atoms with E-state index in [9.17, 15) is 12.8 Å². The number of ether oxygens (including phenoxy) is 1. The van der Waals surface area contributed by atoms with E-state index in [1.807, 2.05) is 13.1 Å². The molecule has 1 N–H and O–H groups in total. The molecular formula is C20H25FN4O3S. The maximum atomic E-state index is 13.4. The maximum Gasteiger partial charge on any atom is 0.227 e. The van der Waals surface area contributed by atoms with Gasteiger partial charge in [-0.25, -0.2) is 17.8 Å². The van der Waals surface area contributed by atoms with Crippen molar-refractivity contribution in [1.82, 2.24) is 19.4 Å². The van der Waals surface area contributed by atoms with Gasteiger partial charge in [-0.05, 0) is 44.2 Å². The first-order valence-electron chi connectivity index (χ1n) is 9.61. The van der Waals surface area contributed by atoms with E-state index < -0.39 is 9.84 Å². The highest BCUT2D eigenvalue weighted by Gasteiger charge is 2.24. The molecule has 1 atom stereocenters. The van der Waals surface area contributed by atoms with Crippen LogP contribution in [-0.4, -0.2) is 53.9 Å². The first-order chi connectivity index (χ1) is 13.8. The van der Waals surface area contributed by atoms with E-state index in [2.05, 4.69) is 14.9 Å². The second kappa shape index (κ2) is 7.89. The molecule has 1 aliphatic heterocycles. The van der Waals surface area contributed by atoms with E-state index in [1.54, 1.807) is 16.8 Å². The van der Waals surface area contributed by atoms with Crippen molar-refractivity contribution >= 4 is 20.7 Å². The van der Waals surface area contributed by atoms with Gasteiger partial charge in [0.25, 0.3) is 0 Å². The van der Waals surface area contributed by atoms with Gasteiger partial charge in [-0.2, -0.15) is 0 Å². The summed E-state index contributed by atoms with van der Waals surface area (Å²) in [6, 6.07) is 6.59. The third-order valence-electron chi connectivity index (χ3n) is 5.15. The molecule has 0 aliphatic carbocycles. The average molecular weight is 421 g/mol. The van der Waals surface area contributed by atoms with Gasteiger partial charge >= 0.3 is 0 Å². The van der Waals surface area contributed by atoms with Gasteiger partial charge in [-0.3, -0.25) is 4.90 Å². The van der Waals surface area contributed by atoms with Crippen LogP contribution in [0, 0.1) is 5.82 Å². The fourth-order valence-electron chi connectivity index (χ4n) is 3.87. The Balaban J connectivity index is 1.53. The van der Waals surface area contributed by atoms with Crippen LogP contribution < -0.4 is 0 Å². The molecule has 2 aromatic heterocycles. The van der Waals surface area contributed by atoms with Crippen molar-refractivity contribution in [3.8, 4) is 0 Å². The highest BCUT2D eigenvalue weighted by molar-refractivity contribution is 7.90. The summed E-state index contributed by atoms with van der Waals surface area (Å²) < 4.78 is 45.2. The minimum atomic E-state index is -3.43. The van der Waals surface area contributed by atoms with Crippen molar-refractivity contribution < 1.29 is 17.5 Å². The molecule has 29 heavy (non-hydrogen) atoms. The molecule has 9 heteroatoms. The van der Waals surface area contributed by atoms with E-state index in [1.165, 1.54) is 18.4 Å². The topological polar surface area (TPSA) is 80.2 Å². The lowest BCUT2D eigenvalue weighted by atomic mass is 10.2. The number of benzene rings is 1. The Kier molecular flexibility index (Phi) is 5.46. The van der Waals surface area contributed by atoms with Gasteiger partial charge < -0.3 is 14.3 Å². The standard InChI is InChI=1S/C20H25FN4O3S/c1-24(11-16-9-14-8-15(21)5-6-19(14)23-16)12-17-10-22-20(29(2,26)27)25(17)13-18-4-3-7-28-18/h5-6,8-10,18,23H,3-4,7,11-13H2,1-2H3/t18-/m1/s1. The molecule has 1 aromatic carbocycles. The molecule has 1 saturated heterocycles. The highest BCUT2D eigenvalue weighted by Crippen LogP contribution is 2.21. The number of aromatic nitrogens is 3. The van der Waals surface area contributed by atoms with E-state index in [4.69, 9.17) is 4.74 Å². The summed E-state index contributed by atoms with van der Waals surface area (Å²) in [6.07, 6.45) is 4.73. The van der Waals surface area contributed by atoms with E-state index >= 15 is 0 Å². The summed E-state index contributed by atoms with van der Waals surface area (Å²) in [7, 11) is -1.48. The number of sulfone groups is 1. The monoisotopic (exact) mass is 420 g/mol. The van der Waals surface area contributed by atoms with Crippen LogP contribution in [0.1, 0.15) is 24.2 Å². The van der Waals surface area contributed by atoms with Crippen LogP contribution in [0.3, 0.4) is 0 Å². The van der Waals surface area contributed by atoms with Crippen molar-refractivity contribution in [2.24, 2.45) is 0 Å². The lowest BCUT2D eigenvalue weighted by Gasteiger charge is -2.19. The van der Waals surface area contributed by atoms with Crippen LogP contribution in [0.2, 0.25) is 0 Å². The largest absolute Gasteiger partial charge is 0.376 e. The molecule has 4 rings (SSSR count). The third kappa shape index (κ3) is 4.52. The van der Waals surface area contributed by atoms with E-state index in [0.717, 1.165) is 35.1 Å². The maximum absolute atomic E-state index is 13.4. The van der Waals surface area contributed by atoms with Crippen LogP contribution >= 0.6 is 0 Å². The first-order valence-corrected chi connectivity index (χ1v) is 11.5. The average Bonchev–Trinajstić information content (AvgIpc) is 3.35. The molecule has 3 aromatic rings. The molecule has 7 nitrogen and oxygen atoms in total. The van der Waals surface area contributed by atoms with E-state index in [-0.39, 0.29) is 17.1 Å². The fourth-order valence-corrected chi connectivity index (χ4v) is 4.71. The zero-order chi connectivity index (χ0) is 20.6. The molecular weight excluding hydrogens is 395 g/mol. The molecule has 0 bridgehead atoms. The Morgan fingerprint density at radius 3 is 2.90 bits per heavy atom. The molecule has 1 aliphatic rings. The molecule has 0 spiro atoms. The third-order valence-corrected chi connectivity index (χ3v) is 6.14. The van der Waals surface area contributed by atoms with Crippen molar-refractivity contribution in [2.75, 3.05) is 19.9 Å². The van der Waals surface area contributed by atoms with Gasteiger partial charge in [0.1, 0.15) is 5.82 Å². The number of halogens is 1. The summed E-state index contributed by atoms with van der Waals surface area (Å²) >= 11 is 0. The lowest BCUT2D eigenvalue weighted by molar-refractivity contribution is 0.0934. The second-order valence-electron chi connectivity index (χ2n) is 7.75. The number of nitrogens with zero attached hydrogens (tertiary/aromatic N) is 3. The number of nitrogens with one attached hydrogen (secondary N) is 1. The fraction of sp³-hybridized carbons (Fsp3) is 0.450. The molecule has 0 amide bonds. The van der Waals surface area contributed by atoms with Gasteiger partial charge in [0.2, 0.25) is 15.0 Å². The minimum Gasteiger partial charge on any atom is -0.376 e. The van der Waals surface area contributed by atoms with Crippen molar-refractivity contribution in [1.29, 1.82) is 0 Å². The molecule has 0 radical (unpaired) electrons. The molecule has 0 unspecified atom stereocenters. The summed E-state index contributed by atoms with van der Waals surface area (Å²) in [5.74, 6) is -0.261. The Labute approximate surface area is 169 Å². The van der Waals surface area contributed by atoms with Crippen molar-refractivity contribution in [3.05, 3.63) is 47.7 Å². The predicted molar refractivity (Wildman–Crippen MR) is 108 cm³/mol. The van der Waals surface area contributed by atoms with E-state index in [0.29, 0.717) is 26.2 Å². The quantitative estimate of drug-likeness (QED) is 0.636. The number of H-pyrrole nitrogens is 1. The van der Waals surface area contributed by atoms with Gasteiger partial charge in [0.15, 0.2) is 0 Å². The zero-order valence-corrected chi connectivity index (χ0v) is 17.4. The number of imidazole rings is 1. The summed E-state index contributed by atoms with van der Waals surface area (Å²) in [6.45, 7) is 2.33. The number of hydrogen-bond donors (Lipinski definition) is 1. The summed E-state index contributed by atoms with van der Waals surface area (Å²) in [4.78, 5) is 9.54. The van der Waals surface area contributed by atoms with Crippen LogP contribution in [0.5, 0.6) is 0 Å². The van der Waals surface area contributed by atoms with Gasteiger partial charge in [-0.1, -0.05) is 0 Å². The Morgan fingerprint density at radius 2 is 2.17 bits per heavy atom. The van der Waals surface area contributed by atoms with Crippen LogP contribution in [0.15, 0.2) is 35.6 Å². The predicted octanol–water partition coefficient (Wildman–Crippen LogP) is 2.72. The Bertz CT molecular complexity index is 1120. The second-order valence-corrected chi connectivity index (χ2v) is 9.66. The number of hydrogen-bond acceptors (Lipinski definition) is 5. The van der Waals surface area contributed by atoms with Gasteiger partial charge in [0.05, 0.1) is 24.5 Å². The molecule has 0 saturated carbocycles. The Morgan fingerprint density at radius 1 is 1.34 bits per heavy atom. The lowest BCUT2D eigenvalue weighted by Crippen LogP contribution is -2.24. The Hall–Kier alpha value is -2.23. The van der Waals surface area contributed by atoms with Crippen molar-refractivity contribution in [3.63, 3.8) is 0 Å². The summed E-state index contributed by atoms with van der Waals surface area (Å²) in [5, 5.41) is 0.911. The zero-order valence-electron chi connectivity index (χ0n) is 16.6. The summed E-state index contributed by atoms with van der Waals surface area (Å²) in [5.41, 5.74) is 2.67. The SMILES string of the molecule is CN(Cc1cc2cc(F)ccc2[nH]1)Cc1cnc(S(C)(=O)=O)n1C[C@H]1CCCO1. The molecule has 3 heterocycles. The molecule has 156 valence electrons. The van der Waals surface area contributed by atoms with Crippen LogP contribution in [0.25, 0.3) is 10.9 Å². The minimum absolute atomic E-state index is 0.0114. The highest BCUT2D eigenvalue weighted by atomic mass is 32.2. The first kappa shape index (κ1) is 20.1. The van der Waals surface area contributed by atoms with Crippen molar-refractivity contribution in [2.45, 2.75) is 43.7 Å². The molecule has 1 fully saturated rings. The smallest absolute Gasteiger partial charge is 0.227 e. The van der Waals surface area contributed by atoms with Gasteiger partial charge in [0, 0.05) is 42.5 Å². The normalized spacial score (nSPS) is 17.6. The van der Waals surface area contributed by atoms with Gasteiger partial charge in [-0.15, -0.1) is 0 Å².